The summed E-state index contributed by atoms with van der Waals surface area (Å²) in [5, 5.41) is 13.3. The summed E-state index contributed by atoms with van der Waals surface area (Å²) in [6.07, 6.45) is 2.17. The fourth-order valence-corrected chi connectivity index (χ4v) is 6.09. The Morgan fingerprint density at radius 2 is 1.78 bits per heavy atom. The first kappa shape index (κ1) is 25.8. The summed E-state index contributed by atoms with van der Waals surface area (Å²) in [5.41, 5.74) is 4.35. The molecule has 2 fully saturated rings. The van der Waals surface area contributed by atoms with E-state index in [0.29, 0.717) is 29.9 Å². The molecule has 0 radical (unpaired) electrons. The lowest BCUT2D eigenvalue weighted by atomic mass is 9.81. The van der Waals surface area contributed by atoms with Gasteiger partial charge in [0.1, 0.15) is 6.61 Å². The second-order valence-electron chi connectivity index (χ2n) is 10.7. The van der Waals surface area contributed by atoms with Crippen molar-refractivity contribution in [3.8, 4) is 0 Å². The first-order valence-corrected chi connectivity index (χ1v) is 13.2. The third-order valence-corrected chi connectivity index (χ3v) is 8.21. The van der Waals surface area contributed by atoms with E-state index in [0.717, 1.165) is 50.5 Å². The predicted molar refractivity (Wildman–Crippen MR) is 134 cm³/mol. The van der Waals surface area contributed by atoms with E-state index >= 15 is 0 Å². The van der Waals surface area contributed by atoms with E-state index in [1.54, 1.807) is 12.1 Å². The standard InChI is InChI=1S/C29H33F3N2O3/c1-18(21-8-11-25-22(14-21)9-12-27(25)34-15-23(16-34)28(35)36)33-37-17-19-7-10-24(20-5-3-2-4-6-20)26(13-19)29(30,31)32/h7-8,10-11,13-14,20,23,27H,2-6,9,12,15-17H2,1H3,(H,35,36)/b33-18+. The van der Waals surface area contributed by atoms with Crippen molar-refractivity contribution in [3.63, 3.8) is 0 Å². The molecule has 0 aromatic heterocycles. The predicted octanol–water partition coefficient (Wildman–Crippen LogP) is 6.70. The molecule has 2 aromatic carbocycles. The molecule has 2 aromatic rings. The Morgan fingerprint density at radius 1 is 1.05 bits per heavy atom. The number of halogens is 3. The molecule has 1 unspecified atom stereocenters. The number of carboxylic acid groups (broad SMARTS) is 1. The molecule has 3 aliphatic rings. The van der Waals surface area contributed by atoms with Gasteiger partial charge in [-0.3, -0.25) is 9.69 Å². The average Bonchev–Trinajstić information content (AvgIpc) is 3.25. The molecule has 5 nitrogen and oxygen atoms in total. The minimum atomic E-state index is -4.39. The molecule has 37 heavy (non-hydrogen) atoms. The van der Waals surface area contributed by atoms with E-state index in [2.05, 4.69) is 22.2 Å². The van der Waals surface area contributed by atoms with Gasteiger partial charge in [-0.1, -0.05) is 48.7 Å². The number of hydrogen-bond acceptors (Lipinski definition) is 4. The maximum absolute atomic E-state index is 13.8. The van der Waals surface area contributed by atoms with E-state index < -0.39 is 17.7 Å². The number of alkyl halides is 3. The molecule has 8 heteroatoms. The summed E-state index contributed by atoms with van der Waals surface area (Å²) in [5.74, 6) is -1.03. The monoisotopic (exact) mass is 514 g/mol. The Hall–Kier alpha value is -2.87. The van der Waals surface area contributed by atoms with Gasteiger partial charge in [-0.25, -0.2) is 0 Å². The van der Waals surface area contributed by atoms with E-state index in [1.165, 1.54) is 17.2 Å². The fourth-order valence-electron chi connectivity index (χ4n) is 6.09. The van der Waals surface area contributed by atoms with Crippen LogP contribution >= 0.6 is 0 Å². The lowest BCUT2D eigenvalue weighted by molar-refractivity contribution is -0.148. The van der Waals surface area contributed by atoms with Crippen molar-refractivity contribution in [2.45, 2.75) is 76.6 Å². The number of likely N-dealkylation sites (tertiary alicyclic amines) is 1. The topological polar surface area (TPSA) is 62.1 Å². The minimum absolute atomic E-state index is 0.0281. The van der Waals surface area contributed by atoms with Crippen molar-refractivity contribution in [3.05, 3.63) is 69.8 Å². The highest BCUT2D eigenvalue weighted by atomic mass is 19.4. The number of hydrogen-bond donors (Lipinski definition) is 1. The van der Waals surface area contributed by atoms with Gasteiger partial charge in [-0.2, -0.15) is 13.2 Å². The zero-order valence-corrected chi connectivity index (χ0v) is 21.1. The zero-order chi connectivity index (χ0) is 26.2. The summed E-state index contributed by atoms with van der Waals surface area (Å²) in [6, 6.07) is 11.0. The van der Waals surface area contributed by atoms with E-state index in [-0.39, 0.29) is 24.5 Å². The van der Waals surface area contributed by atoms with Crippen molar-refractivity contribution in [1.29, 1.82) is 0 Å². The van der Waals surface area contributed by atoms with Crippen molar-refractivity contribution < 1.29 is 27.9 Å². The highest BCUT2D eigenvalue weighted by Crippen LogP contribution is 2.42. The van der Waals surface area contributed by atoms with Gasteiger partial charge >= 0.3 is 12.1 Å². The van der Waals surface area contributed by atoms with Gasteiger partial charge in [0.2, 0.25) is 0 Å². The van der Waals surface area contributed by atoms with Crippen LogP contribution in [0.2, 0.25) is 0 Å². The number of aryl methyl sites for hydroxylation is 1. The van der Waals surface area contributed by atoms with Gasteiger partial charge < -0.3 is 9.94 Å². The molecule has 198 valence electrons. The van der Waals surface area contributed by atoms with Crippen LogP contribution in [0.3, 0.4) is 0 Å². The molecular formula is C29H33F3N2O3. The van der Waals surface area contributed by atoms with Gasteiger partial charge in [0.25, 0.3) is 0 Å². The molecule has 0 amide bonds. The summed E-state index contributed by atoms with van der Waals surface area (Å²) < 4.78 is 41.5. The maximum Gasteiger partial charge on any atom is 0.416 e. The Kier molecular flexibility index (Phi) is 7.30. The zero-order valence-electron chi connectivity index (χ0n) is 21.1. The number of nitrogens with zero attached hydrogens (tertiary/aromatic N) is 2. The third-order valence-electron chi connectivity index (χ3n) is 8.21. The summed E-state index contributed by atoms with van der Waals surface area (Å²) in [7, 11) is 0. The molecule has 1 aliphatic heterocycles. The van der Waals surface area contributed by atoms with Crippen molar-refractivity contribution >= 4 is 11.7 Å². The van der Waals surface area contributed by atoms with Crippen LogP contribution in [-0.2, 0) is 28.8 Å². The van der Waals surface area contributed by atoms with Crippen LogP contribution < -0.4 is 0 Å². The molecule has 1 saturated carbocycles. The molecule has 2 aliphatic carbocycles. The Labute approximate surface area is 215 Å². The smallest absolute Gasteiger partial charge is 0.416 e. The Balaban J connectivity index is 1.23. The lowest BCUT2D eigenvalue weighted by Crippen LogP contribution is -2.51. The first-order chi connectivity index (χ1) is 17.7. The summed E-state index contributed by atoms with van der Waals surface area (Å²) in [4.78, 5) is 18.8. The van der Waals surface area contributed by atoms with Crippen molar-refractivity contribution in [1.82, 2.24) is 4.90 Å². The van der Waals surface area contributed by atoms with Crippen LogP contribution in [0.25, 0.3) is 0 Å². The maximum atomic E-state index is 13.8. The van der Waals surface area contributed by atoms with Crippen molar-refractivity contribution in [2.24, 2.45) is 11.1 Å². The SMILES string of the molecule is C/C(=N\OCc1ccc(C2CCCCC2)c(C(F)(F)F)c1)c1ccc2c(c1)CCC2N1CC(C(=O)O)C1. The number of carbonyl (C=O) groups is 1. The largest absolute Gasteiger partial charge is 0.481 e. The van der Waals surface area contributed by atoms with Gasteiger partial charge in [0, 0.05) is 19.1 Å². The summed E-state index contributed by atoms with van der Waals surface area (Å²) >= 11 is 0. The second kappa shape index (κ2) is 10.5. The lowest BCUT2D eigenvalue weighted by Gasteiger charge is -2.41. The number of carboxylic acids is 1. The number of rotatable bonds is 7. The van der Waals surface area contributed by atoms with Crippen LogP contribution in [0.15, 0.2) is 41.6 Å². The van der Waals surface area contributed by atoms with Gasteiger partial charge in [0.05, 0.1) is 17.2 Å². The molecule has 5 rings (SSSR count). The molecule has 1 heterocycles. The van der Waals surface area contributed by atoms with Crippen LogP contribution in [-0.4, -0.2) is 34.8 Å². The average molecular weight is 515 g/mol. The molecular weight excluding hydrogens is 481 g/mol. The normalized spacial score (nSPS) is 21.5. The van der Waals surface area contributed by atoms with Gasteiger partial charge in [0.15, 0.2) is 0 Å². The molecule has 0 bridgehead atoms. The second-order valence-corrected chi connectivity index (χ2v) is 10.7. The Bertz CT molecular complexity index is 1180. The summed E-state index contributed by atoms with van der Waals surface area (Å²) in [6.45, 7) is 2.98. The van der Waals surface area contributed by atoms with Gasteiger partial charge in [-0.05, 0) is 78.5 Å². The van der Waals surface area contributed by atoms with Crippen molar-refractivity contribution in [2.75, 3.05) is 13.1 Å². The van der Waals surface area contributed by atoms with Gasteiger partial charge in [-0.15, -0.1) is 0 Å². The minimum Gasteiger partial charge on any atom is -0.481 e. The number of aliphatic carboxylic acids is 1. The quantitative estimate of drug-likeness (QED) is 0.330. The molecule has 0 spiro atoms. The number of benzene rings is 2. The highest BCUT2D eigenvalue weighted by molar-refractivity contribution is 5.98. The number of oxime groups is 1. The van der Waals surface area contributed by atoms with Crippen LogP contribution in [0, 0.1) is 5.92 Å². The van der Waals surface area contributed by atoms with Crippen LogP contribution in [0.5, 0.6) is 0 Å². The van der Waals surface area contributed by atoms with E-state index in [9.17, 15) is 18.0 Å². The molecule has 1 N–H and O–H groups in total. The van der Waals surface area contributed by atoms with Crippen LogP contribution in [0.1, 0.15) is 90.8 Å². The molecule has 1 atom stereocenters. The number of fused-ring (bicyclic) bond motifs is 1. The third kappa shape index (κ3) is 5.54. The molecule has 1 saturated heterocycles. The highest BCUT2D eigenvalue weighted by Gasteiger charge is 2.39. The fraction of sp³-hybridized carbons (Fsp3) is 0.517. The van der Waals surface area contributed by atoms with E-state index in [4.69, 9.17) is 9.94 Å². The van der Waals surface area contributed by atoms with E-state index in [1.807, 2.05) is 13.0 Å². The Morgan fingerprint density at radius 3 is 2.49 bits per heavy atom. The van der Waals surface area contributed by atoms with Crippen LogP contribution in [0.4, 0.5) is 13.2 Å². The first-order valence-electron chi connectivity index (χ1n) is 13.2.